The van der Waals surface area contributed by atoms with E-state index in [9.17, 15) is 8.78 Å². The Labute approximate surface area is 223 Å². The fourth-order valence-corrected chi connectivity index (χ4v) is 6.07. The summed E-state index contributed by atoms with van der Waals surface area (Å²) in [6.45, 7) is 6.87. The molecule has 2 aliphatic rings. The van der Waals surface area contributed by atoms with Crippen LogP contribution in [0.5, 0.6) is 5.75 Å². The Morgan fingerprint density at radius 2 is 1.62 bits per heavy atom. The van der Waals surface area contributed by atoms with Crippen LogP contribution in [0.4, 0.5) is 8.78 Å². The summed E-state index contributed by atoms with van der Waals surface area (Å²) in [5, 5.41) is 0. The molecule has 4 rings (SSSR count). The molecule has 2 aliphatic carbocycles. The molecule has 2 aromatic carbocycles. The minimum atomic E-state index is -0.623. The quantitative estimate of drug-likeness (QED) is 0.291. The van der Waals surface area contributed by atoms with Crippen molar-refractivity contribution in [3.05, 3.63) is 76.9 Å². The third-order valence-electron chi connectivity index (χ3n) is 8.35. The van der Waals surface area contributed by atoms with Gasteiger partial charge in [0.15, 0.2) is 17.4 Å². The molecule has 0 aliphatic heterocycles. The van der Waals surface area contributed by atoms with E-state index in [0.29, 0.717) is 24.0 Å². The monoisotopic (exact) mass is 506 g/mol. The van der Waals surface area contributed by atoms with Crippen molar-refractivity contribution >= 4 is 0 Å². The molecule has 0 spiro atoms. The number of hydrogen-bond donors (Lipinski definition) is 0. The number of hydrogen-bond acceptors (Lipinski definition) is 1. The smallest absolute Gasteiger partial charge is 0.190 e. The third kappa shape index (κ3) is 7.79. The van der Waals surface area contributed by atoms with Crippen LogP contribution < -0.4 is 4.74 Å². The summed E-state index contributed by atoms with van der Waals surface area (Å²) >= 11 is 0. The highest BCUT2D eigenvalue weighted by Gasteiger charge is 2.22. The molecular formula is C34H44F2O. The van der Waals surface area contributed by atoms with Crippen molar-refractivity contribution in [1.82, 2.24) is 0 Å². The van der Waals surface area contributed by atoms with E-state index < -0.39 is 11.6 Å². The highest BCUT2D eigenvalue weighted by Crippen LogP contribution is 2.38. The van der Waals surface area contributed by atoms with Gasteiger partial charge in [0.1, 0.15) is 0 Å². The largest absolute Gasteiger partial charge is 0.487 e. The summed E-state index contributed by atoms with van der Waals surface area (Å²) in [5.41, 5.74) is 5.59. The van der Waals surface area contributed by atoms with Gasteiger partial charge in [-0.25, -0.2) is 8.78 Å². The number of allylic oxidation sites excluding steroid dienone is 4. The number of ether oxygens (including phenoxy) is 1. The Bertz CT molecular complexity index is 1050. The zero-order chi connectivity index (χ0) is 26.2. The second kappa shape index (κ2) is 13.4. The van der Waals surface area contributed by atoms with Gasteiger partial charge in [0.05, 0.1) is 6.61 Å². The second-order valence-corrected chi connectivity index (χ2v) is 11.5. The van der Waals surface area contributed by atoms with Gasteiger partial charge in [0, 0.05) is 0 Å². The molecule has 1 unspecified atom stereocenters. The van der Waals surface area contributed by atoms with Crippen LogP contribution in [-0.2, 0) is 0 Å². The summed E-state index contributed by atoms with van der Waals surface area (Å²) < 4.78 is 35.5. The highest BCUT2D eigenvalue weighted by molar-refractivity contribution is 5.65. The summed E-state index contributed by atoms with van der Waals surface area (Å²) in [6.07, 6.45) is 17.5. The van der Waals surface area contributed by atoms with Gasteiger partial charge in [-0.15, -0.1) is 0 Å². The summed E-state index contributed by atoms with van der Waals surface area (Å²) in [7, 11) is 0. The molecule has 0 bridgehead atoms. The van der Waals surface area contributed by atoms with Crippen molar-refractivity contribution in [1.29, 1.82) is 0 Å². The Morgan fingerprint density at radius 3 is 2.22 bits per heavy atom. The van der Waals surface area contributed by atoms with E-state index in [0.717, 1.165) is 43.6 Å². The fraction of sp³-hybridized carbons (Fsp3) is 0.529. The molecule has 200 valence electrons. The molecule has 1 fully saturated rings. The van der Waals surface area contributed by atoms with Crippen molar-refractivity contribution in [2.75, 3.05) is 6.61 Å². The van der Waals surface area contributed by atoms with E-state index in [2.05, 4.69) is 45.1 Å². The molecule has 2 aromatic rings. The molecule has 0 saturated heterocycles. The van der Waals surface area contributed by atoms with Crippen molar-refractivity contribution < 1.29 is 13.5 Å². The molecule has 0 aromatic heterocycles. The standard InChI is InChI=1S/C34H44F2O/c1-4-6-25-13-15-28(16-14-25)29-17-19-30(20-18-29)31-21-32(35)34(33(36)22-31)37-23-27-11-9-26(10-12-27)8-5-7-24(2)3/h7,9,17-22,25,27-28H,4-6,8,10-16,23H2,1-3H3. The van der Waals surface area contributed by atoms with E-state index in [1.807, 2.05) is 12.1 Å². The second-order valence-electron chi connectivity index (χ2n) is 11.5. The van der Waals surface area contributed by atoms with Crippen molar-refractivity contribution in [3.63, 3.8) is 0 Å². The molecule has 1 nitrogen and oxygen atoms in total. The van der Waals surface area contributed by atoms with Crippen molar-refractivity contribution in [3.8, 4) is 16.9 Å². The van der Waals surface area contributed by atoms with Gasteiger partial charge in [-0.2, -0.15) is 0 Å². The lowest BCUT2D eigenvalue weighted by Crippen LogP contribution is -2.16. The molecular weight excluding hydrogens is 462 g/mol. The minimum Gasteiger partial charge on any atom is -0.487 e. The van der Waals surface area contributed by atoms with Crippen LogP contribution in [0, 0.1) is 23.5 Å². The number of halogens is 2. The number of benzene rings is 2. The molecule has 0 N–H and O–H groups in total. The Hall–Kier alpha value is -2.42. The minimum absolute atomic E-state index is 0.248. The Morgan fingerprint density at radius 1 is 0.919 bits per heavy atom. The van der Waals surface area contributed by atoms with Crippen LogP contribution in [0.3, 0.4) is 0 Å². The summed E-state index contributed by atoms with van der Waals surface area (Å²) in [5.74, 6) is 0.299. The maximum absolute atomic E-state index is 14.9. The molecule has 37 heavy (non-hydrogen) atoms. The first-order chi connectivity index (χ1) is 17.9. The van der Waals surface area contributed by atoms with Crippen molar-refractivity contribution in [2.45, 2.75) is 97.3 Å². The SMILES string of the molecule is CCCC1CCC(c2ccc(-c3cc(F)c(OCC4CC=C(CCC=C(C)C)CC4)c(F)c3)cc2)CC1. The zero-order valence-corrected chi connectivity index (χ0v) is 23.0. The van der Waals surface area contributed by atoms with Gasteiger partial charge in [0.2, 0.25) is 0 Å². The van der Waals surface area contributed by atoms with E-state index in [1.54, 1.807) is 0 Å². The van der Waals surface area contributed by atoms with Crippen molar-refractivity contribution in [2.24, 2.45) is 11.8 Å². The molecule has 3 heteroatoms. The third-order valence-corrected chi connectivity index (χ3v) is 8.35. The van der Waals surface area contributed by atoms with Crippen LogP contribution in [-0.4, -0.2) is 6.61 Å². The van der Waals surface area contributed by atoms with E-state index in [-0.39, 0.29) is 5.75 Å². The maximum atomic E-state index is 14.9. The van der Waals surface area contributed by atoms with Gasteiger partial charge < -0.3 is 4.74 Å². The van der Waals surface area contributed by atoms with Crippen LogP contribution in [0.15, 0.2) is 59.7 Å². The fourth-order valence-electron chi connectivity index (χ4n) is 6.07. The molecule has 0 amide bonds. The normalized spacial score (nSPS) is 21.9. The number of rotatable bonds is 10. The predicted octanol–water partition coefficient (Wildman–Crippen LogP) is 10.6. The molecule has 1 atom stereocenters. The van der Waals surface area contributed by atoms with E-state index in [4.69, 9.17) is 4.74 Å². The molecule has 0 heterocycles. The van der Waals surface area contributed by atoms with Crippen LogP contribution in [0.1, 0.15) is 103 Å². The van der Waals surface area contributed by atoms with Gasteiger partial charge in [-0.1, -0.05) is 67.3 Å². The zero-order valence-electron chi connectivity index (χ0n) is 23.0. The average Bonchev–Trinajstić information content (AvgIpc) is 2.89. The predicted molar refractivity (Wildman–Crippen MR) is 151 cm³/mol. The van der Waals surface area contributed by atoms with Gasteiger partial charge >= 0.3 is 0 Å². The first kappa shape index (κ1) is 27.6. The van der Waals surface area contributed by atoms with Crippen LogP contribution in [0.2, 0.25) is 0 Å². The van der Waals surface area contributed by atoms with Crippen LogP contribution in [0.25, 0.3) is 11.1 Å². The van der Waals surface area contributed by atoms with Gasteiger partial charge in [0.25, 0.3) is 0 Å². The Balaban J connectivity index is 1.31. The lowest BCUT2D eigenvalue weighted by molar-refractivity contribution is 0.219. The lowest BCUT2D eigenvalue weighted by atomic mass is 9.77. The summed E-state index contributed by atoms with van der Waals surface area (Å²) in [6, 6.07) is 11.1. The lowest BCUT2D eigenvalue weighted by Gasteiger charge is -2.28. The topological polar surface area (TPSA) is 9.23 Å². The Kier molecular flexibility index (Phi) is 10.00. The first-order valence-electron chi connectivity index (χ1n) is 14.5. The van der Waals surface area contributed by atoms with Crippen LogP contribution >= 0.6 is 0 Å². The highest BCUT2D eigenvalue weighted by atomic mass is 19.1. The van der Waals surface area contributed by atoms with Gasteiger partial charge in [-0.05, 0) is 118 Å². The van der Waals surface area contributed by atoms with E-state index >= 15 is 0 Å². The molecule has 1 saturated carbocycles. The summed E-state index contributed by atoms with van der Waals surface area (Å²) in [4.78, 5) is 0. The first-order valence-corrected chi connectivity index (χ1v) is 14.5. The van der Waals surface area contributed by atoms with Gasteiger partial charge in [-0.3, -0.25) is 0 Å². The average molecular weight is 507 g/mol. The molecule has 0 radical (unpaired) electrons. The maximum Gasteiger partial charge on any atom is 0.190 e. The van der Waals surface area contributed by atoms with E-state index in [1.165, 1.54) is 67.4 Å².